The van der Waals surface area contributed by atoms with Crippen LogP contribution < -0.4 is 20.0 Å². The molecule has 9 heteroatoms. The fourth-order valence-corrected chi connectivity index (χ4v) is 5.17. The van der Waals surface area contributed by atoms with Crippen LogP contribution in [-0.2, 0) is 4.74 Å². The number of fused-ring (bicyclic) bond motifs is 1. The fraction of sp³-hybridized carbons (Fsp3) is 0.321. The molecule has 0 bridgehead atoms. The van der Waals surface area contributed by atoms with Crippen LogP contribution in [0.2, 0.25) is 0 Å². The summed E-state index contributed by atoms with van der Waals surface area (Å²) in [5.74, 6) is 0.588. The second-order valence-corrected chi connectivity index (χ2v) is 9.41. The minimum absolute atomic E-state index is 0.291. The van der Waals surface area contributed by atoms with Gasteiger partial charge in [0.2, 0.25) is 0 Å². The van der Waals surface area contributed by atoms with Gasteiger partial charge < -0.3 is 24.8 Å². The Bertz CT molecular complexity index is 1390. The van der Waals surface area contributed by atoms with E-state index in [2.05, 4.69) is 42.1 Å². The topological polar surface area (TPSA) is 69.7 Å². The van der Waals surface area contributed by atoms with E-state index in [1.54, 1.807) is 18.5 Å². The summed E-state index contributed by atoms with van der Waals surface area (Å²) in [5.41, 5.74) is 5.25. The number of hydrogen-bond donors (Lipinski definition) is 1. The van der Waals surface area contributed by atoms with E-state index in [9.17, 15) is 0 Å². The Morgan fingerprint density at radius 2 is 1.59 bits per heavy atom. The number of pyridine rings is 3. The number of rotatable bonds is 5. The van der Waals surface area contributed by atoms with Gasteiger partial charge in [0.1, 0.15) is 11.6 Å². The average molecular weight is 500 g/mol. The van der Waals surface area contributed by atoms with Crippen LogP contribution in [-0.4, -0.2) is 67.4 Å². The Hall–Kier alpha value is -3.98. The highest BCUT2D eigenvalue weighted by atomic mass is 19.1. The Kier molecular flexibility index (Phi) is 6.44. The molecule has 2 aliphatic rings. The van der Waals surface area contributed by atoms with Crippen LogP contribution in [0.5, 0.6) is 0 Å². The number of anilines is 5. The summed E-state index contributed by atoms with van der Waals surface area (Å²) in [6.07, 6.45) is 7.34. The summed E-state index contributed by atoms with van der Waals surface area (Å²) in [7, 11) is 0. The van der Waals surface area contributed by atoms with Crippen molar-refractivity contribution < 1.29 is 9.13 Å². The number of benzene rings is 1. The highest BCUT2D eigenvalue weighted by molar-refractivity contribution is 5.97. The predicted molar refractivity (Wildman–Crippen MR) is 146 cm³/mol. The molecule has 2 fully saturated rings. The van der Waals surface area contributed by atoms with Crippen LogP contribution in [0, 0.1) is 12.7 Å². The molecule has 2 aliphatic heterocycles. The monoisotopic (exact) mass is 499 g/mol. The Morgan fingerprint density at radius 1 is 0.838 bits per heavy atom. The highest BCUT2D eigenvalue weighted by Gasteiger charge is 2.24. The van der Waals surface area contributed by atoms with Crippen molar-refractivity contribution in [3.63, 3.8) is 0 Å². The lowest BCUT2D eigenvalue weighted by Gasteiger charge is -2.37. The Morgan fingerprint density at radius 3 is 2.38 bits per heavy atom. The van der Waals surface area contributed by atoms with Gasteiger partial charge in [-0.15, -0.1) is 0 Å². The number of nitrogens with zero attached hydrogens (tertiary/aromatic N) is 6. The maximum absolute atomic E-state index is 15.2. The molecule has 1 aromatic carbocycles. The Balaban J connectivity index is 1.32. The molecule has 2 saturated heterocycles. The lowest BCUT2D eigenvalue weighted by Crippen LogP contribution is -2.47. The second kappa shape index (κ2) is 10.2. The summed E-state index contributed by atoms with van der Waals surface area (Å²) in [5, 5.41) is 4.00. The highest BCUT2D eigenvalue weighted by Crippen LogP contribution is 2.37. The molecule has 37 heavy (non-hydrogen) atoms. The first kappa shape index (κ1) is 23.4. The molecule has 0 unspecified atom stereocenters. The number of ether oxygens (including phenoxy) is 1. The SMILES string of the molecule is Cc1c(N2CCN(c3cccnc3)CC2)nc2cccc(F)c2c1Nc1cncc(N2CCOCC2)c1. The van der Waals surface area contributed by atoms with Gasteiger partial charge in [0.15, 0.2) is 0 Å². The van der Waals surface area contributed by atoms with Gasteiger partial charge in [-0.3, -0.25) is 9.97 Å². The van der Waals surface area contributed by atoms with E-state index in [4.69, 9.17) is 9.72 Å². The molecule has 8 nitrogen and oxygen atoms in total. The van der Waals surface area contributed by atoms with Crippen LogP contribution in [0.1, 0.15) is 5.56 Å². The van der Waals surface area contributed by atoms with Crippen molar-refractivity contribution >= 4 is 39.5 Å². The van der Waals surface area contributed by atoms with Crippen molar-refractivity contribution in [2.75, 3.05) is 72.5 Å². The minimum Gasteiger partial charge on any atom is -0.378 e. The van der Waals surface area contributed by atoms with E-state index in [0.29, 0.717) is 24.1 Å². The quantitative estimate of drug-likeness (QED) is 0.434. The first-order valence-electron chi connectivity index (χ1n) is 12.7. The molecule has 1 N–H and O–H groups in total. The number of nitrogens with one attached hydrogen (secondary N) is 1. The molecule has 0 atom stereocenters. The average Bonchev–Trinajstić information content (AvgIpc) is 2.96. The van der Waals surface area contributed by atoms with Crippen LogP contribution in [0.25, 0.3) is 10.9 Å². The van der Waals surface area contributed by atoms with Gasteiger partial charge in [-0.2, -0.15) is 0 Å². The second-order valence-electron chi connectivity index (χ2n) is 9.41. The van der Waals surface area contributed by atoms with Crippen molar-refractivity contribution in [3.05, 3.63) is 72.6 Å². The molecular formula is C28H30FN7O. The van der Waals surface area contributed by atoms with E-state index >= 15 is 4.39 Å². The molecule has 3 aromatic heterocycles. The first-order chi connectivity index (χ1) is 18.2. The number of hydrogen-bond acceptors (Lipinski definition) is 8. The van der Waals surface area contributed by atoms with Gasteiger partial charge in [-0.1, -0.05) is 6.07 Å². The van der Waals surface area contributed by atoms with Gasteiger partial charge in [-0.25, -0.2) is 9.37 Å². The van der Waals surface area contributed by atoms with Gasteiger partial charge in [0.05, 0.1) is 65.5 Å². The zero-order chi connectivity index (χ0) is 25.2. The summed E-state index contributed by atoms with van der Waals surface area (Å²) < 4.78 is 20.7. The fourth-order valence-electron chi connectivity index (χ4n) is 5.17. The van der Waals surface area contributed by atoms with Gasteiger partial charge >= 0.3 is 0 Å². The molecule has 0 amide bonds. The van der Waals surface area contributed by atoms with Crippen molar-refractivity contribution in [1.82, 2.24) is 15.0 Å². The van der Waals surface area contributed by atoms with E-state index in [1.807, 2.05) is 31.5 Å². The normalized spacial score (nSPS) is 16.3. The van der Waals surface area contributed by atoms with Crippen LogP contribution >= 0.6 is 0 Å². The van der Waals surface area contributed by atoms with Crippen molar-refractivity contribution in [2.24, 2.45) is 0 Å². The molecule has 0 radical (unpaired) electrons. The van der Waals surface area contributed by atoms with Crippen molar-refractivity contribution in [1.29, 1.82) is 0 Å². The molecule has 4 aromatic rings. The molecular weight excluding hydrogens is 469 g/mol. The Labute approximate surface area is 215 Å². The largest absolute Gasteiger partial charge is 0.378 e. The summed E-state index contributed by atoms with van der Waals surface area (Å²) in [4.78, 5) is 20.5. The zero-order valence-corrected chi connectivity index (χ0v) is 20.9. The third-order valence-corrected chi connectivity index (χ3v) is 7.14. The third-order valence-electron chi connectivity index (χ3n) is 7.14. The van der Waals surface area contributed by atoms with E-state index in [-0.39, 0.29) is 5.82 Å². The van der Waals surface area contributed by atoms with Gasteiger partial charge in [0, 0.05) is 51.0 Å². The standard InChI is InChI=1S/C28H30FN7O/c1-20-27(32-21-16-23(19-31-17-21)35-12-14-37-15-13-35)26-24(29)5-2-6-25(26)33-28(20)36-10-8-34(9-11-36)22-4-3-7-30-18-22/h2-7,16-19H,8-15H2,1H3,(H,32,33). The molecule has 0 saturated carbocycles. The summed E-state index contributed by atoms with van der Waals surface area (Å²) in [6.45, 7) is 8.43. The zero-order valence-electron chi connectivity index (χ0n) is 20.9. The molecule has 6 rings (SSSR count). The van der Waals surface area contributed by atoms with Crippen LogP contribution in [0.15, 0.2) is 61.2 Å². The van der Waals surface area contributed by atoms with Crippen LogP contribution in [0.4, 0.5) is 33.0 Å². The number of piperazine rings is 1. The lowest BCUT2D eigenvalue weighted by molar-refractivity contribution is 0.122. The number of morpholine rings is 1. The lowest BCUT2D eigenvalue weighted by atomic mass is 10.1. The smallest absolute Gasteiger partial charge is 0.134 e. The number of halogens is 1. The maximum atomic E-state index is 15.2. The van der Waals surface area contributed by atoms with Crippen LogP contribution in [0.3, 0.4) is 0 Å². The van der Waals surface area contributed by atoms with E-state index in [0.717, 1.165) is 73.4 Å². The predicted octanol–water partition coefficient (Wildman–Crippen LogP) is 4.38. The third kappa shape index (κ3) is 4.74. The molecule has 5 heterocycles. The molecule has 190 valence electrons. The van der Waals surface area contributed by atoms with E-state index in [1.165, 1.54) is 6.07 Å². The van der Waals surface area contributed by atoms with Crippen molar-refractivity contribution in [2.45, 2.75) is 6.92 Å². The maximum Gasteiger partial charge on any atom is 0.134 e. The minimum atomic E-state index is -0.291. The molecule has 0 aliphatic carbocycles. The summed E-state index contributed by atoms with van der Waals surface area (Å²) in [6, 6.07) is 11.2. The molecule has 0 spiro atoms. The van der Waals surface area contributed by atoms with Crippen molar-refractivity contribution in [3.8, 4) is 0 Å². The van der Waals surface area contributed by atoms with Gasteiger partial charge in [-0.05, 0) is 37.3 Å². The van der Waals surface area contributed by atoms with Gasteiger partial charge in [0.25, 0.3) is 0 Å². The van der Waals surface area contributed by atoms with E-state index < -0.39 is 0 Å². The first-order valence-corrected chi connectivity index (χ1v) is 12.7. The summed E-state index contributed by atoms with van der Waals surface area (Å²) >= 11 is 0. The number of aromatic nitrogens is 3.